The molecule has 26 heavy (non-hydrogen) atoms. The van der Waals surface area contributed by atoms with Crippen molar-refractivity contribution in [2.75, 3.05) is 12.4 Å². The highest BCUT2D eigenvalue weighted by atomic mass is 35.5. The molecule has 0 fully saturated rings. The zero-order valence-electron chi connectivity index (χ0n) is 14.5. The van der Waals surface area contributed by atoms with Crippen LogP contribution in [0.25, 0.3) is 0 Å². The van der Waals surface area contributed by atoms with Gasteiger partial charge in [0.15, 0.2) is 0 Å². The van der Waals surface area contributed by atoms with Crippen LogP contribution in [0.3, 0.4) is 0 Å². The zero-order valence-corrected chi connectivity index (χ0v) is 16.1. The van der Waals surface area contributed by atoms with E-state index in [1.165, 1.54) is 47.8 Å². The number of nitrogens with zero attached hydrogens (tertiary/aromatic N) is 2. The van der Waals surface area contributed by atoms with Crippen molar-refractivity contribution in [1.82, 2.24) is 4.31 Å². The van der Waals surface area contributed by atoms with E-state index >= 15 is 0 Å². The van der Waals surface area contributed by atoms with Gasteiger partial charge in [-0.05, 0) is 50.2 Å². The van der Waals surface area contributed by atoms with E-state index < -0.39 is 15.9 Å². The fourth-order valence-corrected chi connectivity index (χ4v) is 3.77. The number of hydrogen-bond donors (Lipinski definition) is 1. The molecule has 0 atom stereocenters. The lowest BCUT2D eigenvalue weighted by atomic mass is 10.2. The monoisotopic (exact) mass is 391 g/mol. The second-order valence-corrected chi connectivity index (χ2v) is 8.31. The van der Waals surface area contributed by atoms with E-state index in [9.17, 15) is 13.2 Å². The Morgan fingerprint density at radius 1 is 1.23 bits per heavy atom. The van der Waals surface area contributed by atoms with Crippen LogP contribution in [0.15, 0.2) is 47.4 Å². The van der Waals surface area contributed by atoms with Gasteiger partial charge in [-0.15, -0.1) is 0 Å². The summed E-state index contributed by atoms with van der Waals surface area (Å²) < 4.78 is 26.4. The molecule has 136 valence electrons. The first-order valence-electron chi connectivity index (χ1n) is 7.76. The summed E-state index contributed by atoms with van der Waals surface area (Å²) in [4.78, 5) is 12.5. The molecule has 2 aromatic carbocycles. The Bertz CT molecular complexity index is 981. The van der Waals surface area contributed by atoms with Gasteiger partial charge in [0.05, 0.1) is 15.5 Å². The molecule has 6 nitrogen and oxygen atoms in total. The van der Waals surface area contributed by atoms with E-state index in [1.807, 2.05) is 6.07 Å². The topological polar surface area (TPSA) is 90.3 Å². The van der Waals surface area contributed by atoms with Gasteiger partial charge in [0, 0.05) is 24.3 Å². The fraction of sp³-hybridized carbons (Fsp3) is 0.222. The lowest BCUT2D eigenvalue weighted by Crippen LogP contribution is -2.33. The molecule has 0 aliphatic rings. The smallest absolute Gasteiger partial charge is 0.255 e. The van der Waals surface area contributed by atoms with E-state index in [0.717, 1.165) is 0 Å². The molecule has 0 aromatic heterocycles. The number of nitriles is 1. The van der Waals surface area contributed by atoms with Crippen molar-refractivity contribution in [2.24, 2.45) is 0 Å². The highest BCUT2D eigenvalue weighted by molar-refractivity contribution is 7.89. The lowest BCUT2D eigenvalue weighted by Gasteiger charge is -2.21. The lowest BCUT2D eigenvalue weighted by molar-refractivity contribution is 0.102. The van der Waals surface area contributed by atoms with Crippen LogP contribution in [-0.4, -0.2) is 31.7 Å². The minimum Gasteiger partial charge on any atom is -0.322 e. The molecule has 8 heteroatoms. The number of carbonyl (C=O) groups is 1. The summed E-state index contributed by atoms with van der Waals surface area (Å²) in [6.45, 7) is 3.53. The summed E-state index contributed by atoms with van der Waals surface area (Å²) in [5, 5.41) is 11.7. The van der Waals surface area contributed by atoms with Crippen LogP contribution >= 0.6 is 11.6 Å². The number of rotatable bonds is 5. The van der Waals surface area contributed by atoms with Gasteiger partial charge in [0.1, 0.15) is 6.07 Å². The molecule has 1 N–H and O–H groups in total. The molecule has 1 amide bonds. The number of nitrogens with one attached hydrogen (secondary N) is 1. The zero-order chi connectivity index (χ0) is 19.5. The molecule has 0 aliphatic carbocycles. The van der Waals surface area contributed by atoms with Crippen LogP contribution < -0.4 is 5.32 Å². The maximum atomic E-state index is 12.6. The van der Waals surface area contributed by atoms with E-state index in [1.54, 1.807) is 19.9 Å². The van der Waals surface area contributed by atoms with Crippen molar-refractivity contribution in [3.05, 3.63) is 58.6 Å². The molecule has 0 spiro atoms. The number of hydrogen-bond acceptors (Lipinski definition) is 4. The molecular weight excluding hydrogens is 374 g/mol. The number of halogens is 1. The first-order chi connectivity index (χ1) is 12.2. The Hall–Kier alpha value is -2.40. The van der Waals surface area contributed by atoms with E-state index in [2.05, 4.69) is 5.32 Å². The van der Waals surface area contributed by atoms with Crippen molar-refractivity contribution >= 4 is 33.2 Å². The summed E-state index contributed by atoms with van der Waals surface area (Å²) in [7, 11) is -2.20. The standard InChI is InChI=1S/C18H18ClN3O3S/c1-12(2)22(3)26(24,25)16-6-4-5-13(9-16)18(23)21-15-8-7-14(11-20)17(19)10-15/h4-10,12H,1-3H3,(H,21,23). The summed E-state index contributed by atoms with van der Waals surface area (Å²) >= 11 is 5.95. The number of sulfonamides is 1. The Morgan fingerprint density at radius 2 is 1.92 bits per heavy atom. The number of anilines is 1. The molecular formula is C18H18ClN3O3S. The highest BCUT2D eigenvalue weighted by Crippen LogP contribution is 2.22. The first-order valence-corrected chi connectivity index (χ1v) is 9.57. The van der Waals surface area contributed by atoms with Crippen LogP contribution in [0.5, 0.6) is 0 Å². The summed E-state index contributed by atoms with van der Waals surface area (Å²) in [5.41, 5.74) is 0.907. The predicted molar refractivity (Wildman–Crippen MR) is 101 cm³/mol. The molecule has 0 bridgehead atoms. The van der Waals surface area contributed by atoms with Crippen molar-refractivity contribution in [2.45, 2.75) is 24.8 Å². The highest BCUT2D eigenvalue weighted by Gasteiger charge is 2.24. The van der Waals surface area contributed by atoms with Gasteiger partial charge in [-0.3, -0.25) is 4.79 Å². The molecule has 2 aromatic rings. The van der Waals surface area contributed by atoms with Crippen LogP contribution in [0.4, 0.5) is 5.69 Å². The Balaban J connectivity index is 2.29. The van der Waals surface area contributed by atoms with Crippen molar-refractivity contribution < 1.29 is 13.2 Å². The third-order valence-corrected chi connectivity index (χ3v) is 6.19. The van der Waals surface area contributed by atoms with E-state index in [4.69, 9.17) is 16.9 Å². The average Bonchev–Trinajstić information content (AvgIpc) is 2.61. The van der Waals surface area contributed by atoms with Crippen LogP contribution in [-0.2, 0) is 10.0 Å². The summed E-state index contributed by atoms with van der Waals surface area (Å²) in [5.74, 6) is -0.477. The minimum atomic E-state index is -3.69. The molecule has 0 heterocycles. The van der Waals surface area contributed by atoms with Gasteiger partial charge in [-0.25, -0.2) is 8.42 Å². The second-order valence-electron chi connectivity index (χ2n) is 5.90. The molecule has 2 rings (SSSR count). The normalized spacial score (nSPS) is 11.4. The second kappa shape index (κ2) is 7.87. The van der Waals surface area contributed by atoms with Crippen molar-refractivity contribution in [3.8, 4) is 6.07 Å². The van der Waals surface area contributed by atoms with Gasteiger partial charge in [-0.2, -0.15) is 9.57 Å². The molecule has 0 saturated heterocycles. The maximum Gasteiger partial charge on any atom is 0.255 e. The van der Waals surface area contributed by atoms with Gasteiger partial charge in [-0.1, -0.05) is 17.7 Å². The van der Waals surface area contributed by atoms with Crippen LogP contribution in [0, 0.1) is 11.3 Å². The Morgan fingerprint density at radius 3 is 2.50 bits per heavy atom. The third-order valence-electron chi connectivity index (χ3n) is 3.85. The largest absolute Gasteiger partial charge is 0.322 e. The third kappa shape index (κ3) is 4.22. The summed E-state index contributed by atoms with van der Waals surface area (Å²) in [6, 6.07) is 12.1. The quantitative estimate of drug-likeness (QED) is 0.844. The Kier molecular flexibility index (Phi) is 6.03. The fourth-order valence-electron chi connectivity index (χ4n) is 2.13. The van der Waals surface area contributed by atoms with Gasteiger partial charge in [0.25, 0.3) is 5.91 Å². The molecule has 0 unspecified atom stereocenters. The minimum absolute atomic E-state index is 0.0409. The number of carbonyl (C=O) groups excluding carboxylic acids is 1. The summed E-state index contributed by atoms with van der Waals surface area (Å²) in [6.07, 6.45) is 0. The van der Waals surface area contributed by atoms with E-state index in [-0.39, 0.29) is 21.5 Å². The maximum absolute atomic E-state index is 12.6. The number of benzene rings is 2. The SMILES string of the molecule is CC(C)N(C)S(=O)(=O)c1cccc(C(=O)Nc2ccc(C#N)c(Cl)c2)c1. The van der Waals surface area contributed by atoms with Gasteiger partial charge < -0.3 is 5.32 Å². The molecule has 0 radical (unpaired) electrons. The average molecular weight is 392 g/mol. The first kappa shape index (κ1) is 19.9. The van der Waals surface area contributed by atoms with Gasteiger partial charge in [0.2, 0.25) is 10.0 Å². The van der Waals surface area contributed by atoms with Gasteiger partial charge >= 0.3 is 0 Å². The predicted octanol–water partition coefficient (Wildman–Crippen LogP) is 3.49. The molecule has 0 aliphatic heterocycles. The molecule has 0 saturated carbocycles. The van der Waals surface area contributed by atoms with Crippen molar-refractivity contribution in [3.63, 3.8) is 0 Å². The Labute approximate surface area is 158 Å². The van der Waals surface area contributed by atoms with Crippen LogP contribution in [0.2, 0.25) is 5.02 Å². The van der Waals surface area contributed by atoms with Crippen LogP contribution in [0.1, 0.15) is 29.8 Å². The van der Waals surface area contributed by atoms with E-state index in [0.29, 0.717) is 11.3 Å². The number of amides is 1. The van der Waals surface area contributed by atoms with Crippen molar-refractivity contribution in [1.29, 1.82) is 5.26 Å².